The van der Waals surface area contributed by atoms with Crippen LogP contribution < -0.4 is 4.90 Å². The van der Waals surface area contributed by atoms with Gasteiger partial charge in [0.1, 0.15) is 17.2 Å². The van der Waals surface area contributed by atoms with Gasteiger partial charge >= 0.3 is 12.3 Å². The number of halogens is 3. The van der Waals surface area contributed by atoms with E-state index >= 15 is 0 Å². The number of anilines is 1. The fourth-order valence-electron chi connectivity index (χ4n) is 4.26. The standard InChI is InChI=1S/C20H18F3N5O2/c21-20(22,23)13-9-14-17(25-10-13)27-16(26-14)12-4-6-19(7-5-12)11-28(18(29)30-19)15-3-1-2-8-24-15/h1-3,8-10,12H,4-7,11H2,(H,25,26,27). The Hall–Kier alpha value is -3.17. The molecule has 7 nitrogen and oxygen atoms in total. The Balaban J connectivity index is 1.31. The van der Waals surface area contributed by atoms with Gasteiger partial charge in [-0.15, -0.1) is 0 Å². The molecule has 0 atom stereocenters. The van der Waals surface area contributed by atoms with Gasteiger partial charge in [-0.25, -0.2) is 19.7 Å². The van der Waals surface area contributed by atoms with Crippen molar-refractivity contribution >= 4 is 23.1 Å². The molecule has 30 heavy (non-hydrogen) atoms. The maximum atomic E-state index is 12.9. The van der Waals surface area contributed by atoms with Crippen LogP contribution in [0.15, 0.2) is 36.7 Å². The van der Waals surface area contributed by atoms with Crippen molar-refractivity contribution in [2.75, 3.05) is 11.4 Å². The number of rotatable bonds is 2. The predicted molar refractivity (Wildman–Crippen MR) is 101 cm³/mol. The average molecular weight is 417 g/mol. The predicted octanol–water partition coefficient (Wildman–Crippen LogP) is 4.42. The van der Waals surface area contributed by atoms with Gasteiger partial charge in [0.05, 0.1) is 17.6 Å². The number of nitrogens with zero attached hydrogens (tertiary/aromatic N) is 4. The SMILES string of the molecule is O=C1OC2(CCC(c3nc4ncc(C(F)(F)F)cc4[nH]3)CC2)CN1c1ccccn1. The highest BCUT2D eigenvalue weighted by atomic mass is 19.4. The van der Waals surface area contributed by atoms with Gasteiger partial charge in [-0.1, -0.05) is 6.07 Å². The molecule has 4 heterocycles. The summed E-state index contributed by atoms with van der Waals surface area (Å²) in [5.74, 6) is 1.23. The molecule has 1 aliphatic heterocycles. The second-order valence-corrected chi connectivity index (χ2v) is 7.81. The lowest BCUT2D eigenvalue weighted by Gasteiger charge is -2.34. The molecule has 1 spiro atoms. The van der Waals surface area contributed by atoms with Gasteiger partial charge in [0, 0.05) is 18.3 Å². The minimum atomic E-state index is -4.45. The van der Waals surface area contributed by atoms with E-state index in [4.69, 9.17) is 4.74 Å². The number of nitrogens with one attached hydrogen (secondary N) is 1. The van der Waals surface area contributed by atoms with E-state index in [0.29, 0.717) is 43.9 Å². The van der Waals surface area contributed by atoms with Crippen LogP contribution in [0.3, 0.4) is 0 Å². The van der Waals surface area contributed by atoms with Crippen molar-refractivity contribution < 1.29 is 22.7 Å². The number of H-pyrrole nitrogens is 1. The summed E-state index contributed by atoms with van der Waals surface area (Å²) in [5.41, 5.74) is -0.834. The topological polar surface area (TPSA) is 84.0 Å². The number of alkyl halides is 3. The number of aromatic nitrogens is 4. The Morgan fingerprint density at radius 3 is 2.70 bits per heavy atom. The summed E-state index contributed by atoms with van der Waals surface area (Å²) in [6.45, 7) is 0.437. The number of carbonyl (C=O) groups excluding carboxylic acids is 1. The van der Waals surface area contributed by atoms with Crippen molar-refractivity contribution in [1.82, 2.24) is 19.9 Å². The minimum absolute atomic E-state index is 0.0433. The van der Waals surface area contributed by atoms with Crippen LogP contribution in [-0.4, -0.2) is 38.2 Å². The number of hydrogen-bond donors (Lipinski definition) is 1. The molecule has 10 heteroatoms. The normalized spacial score (nSPS) is 24.6. The number of carbonyl (C=O) groups is 1. The van der Waals surface area contributed by atoms with Gasteiger partial charge in [0.25, 0.3) is 0 Å². The maximum Gasteiger partial charge on any atom is 0.417 e. The zero-order valence-corrected chi connectivity index (χ0v) is 15.8. The summed E-state index contributed by atoms with van der Waals surface area (Å²) in [6, 6.07) is 6.40. The lowest BCUT2D eigenvalue weighted by Crippen LogP contribution is -2.38. The van der Waals surface area contributed by atoms with Gasteiger partial charge in [0.15, 0.2) is 5.65 Å². The molecule has 156 valence electrons. The van der Waals surface area contributed by atoms with E-state index < -0.39 is 23.4 Å². The van der Waals surface area contributed by atoms with E-state index in [2.05, 4.69) is 19.9 Å². The van der Waals surface area contributed by atoms with Gasteiger partial charge in [0.2, 0.25) is 0 Å². The molecule has 1 saturated carbocycles. The lowest BCUT2D eigenvalue weighted by molar-refractivity contribution is -0.137. The van der Waals surface area contributed by atoms with E-state index in [1.54, 1.807) is 23.2 Å². The first-order chi connectivity index (χ1) is 14.3. The smallest absolute Gasteiger partial charge is 0.417 e. The third-order valence-corrected chi connectivity index (χ3v) is 5.86. The summed E-state index contributed by atoms with van der Waals surface area (Å²) in [7, 11) is 0. The van der Waals surface area contributed by atoms with Crippen LogP contribution >= 0.6 is 0 Å². The van der Waals surface area contributed by atoms with Crippen LogP contribution in [0, 0.1) is 0 Å². The molecular weight excluding hydrogens is 399 g/mol. The largest absolute Gasteiger partial charge is 0.441 e. The summed E-state index contributed by atoms with van der Waals surface area (Å²) >= 11 is 0. The summed E-state index contributed by atoms with van der Waals surface area (Å²) in [5, 5.41) is 0. The molecule has 5 rings (SSSR count). The Morgan fingerprint density at radius 2 is 2.00 bits per heavy atom. The molecule has 3 aromatic rings. The molecule has 2 aliphatic rings. The van der Waals surface area contributed by atoms with Crippen LogP contribution in [0.5, 0.6) is 0 Å². The highest BCUT2D eigenvalue weighted by Crippen LogP contribution is 2.43. The number of aromatic amines is 1. The van der Waals surface area contributed by atoms with E-state index in [-0.39, 0.29) is 17.1 Å². The van der Waals surface area contributed by atoms with Crippen LogP contribution in [0.4, 0.5) is 23.8 Å². The molecule has 1 aliphatic carbocycles. The number of imidazole rings is 1. The Bertz CT molecular complexity index is 1090. The highest BCUT2D eigenvalue weighted by molar-refractivity contribution is 5.89. The molecule has 1 saturated heterocycles. The molecule has 1 amide bonds. The van der Waals surface area contributed by atoms with Gasteiger partial charge in [-0.3, -0.25) is 4.90 Å². The fourth-order valence-corrected chi connectivity index (χ4v) is 4.26. The van der Waals surface area contributed by atoms with Crippen LogP contribution in [0.2, 0.25) is 0 Å². The average Bonchev–Trinajstić information content (AvgIpc) is 3.29. The van der Waals surface area contributed by atoms with Crippen molar-refractivity contribution in [3.8, 4) is 0 Å². The van der Waals surface area contributed by atoms with E-state index in [1.807, 2.05) is 6.07 Å². The number of fused-ring (bicyclic) bond motifs is 1. The molecule has 0 bridgehead atoms. The molecule has 2 fully saturated rings. The fraction of sp³-hybridized carbons (Fsp3) is 0.400. The second-order valence-electron chi connectivity index (χ2n) is 7.81. The molecule has 0 aromatic carbocycles. The van der Waals surface area contributed by atoms with Gasteiger partial charge < -0.3 is 9.72 Å². The number of amides is 1. The first kappa shape index (κ1) is 18.8. The van der Waals surface area contributed by atoms with Crippen LogP contribution in [0.25, 0.3) is 11.2 Å². The lowest BCUT2D eigenvalue weighted by atomic mass is 9.78. The van der Waals surface area contributed by atoms with E-state index in [0.717, 1.165) is 12.3 Å². The zero-order chi connectivity index (χ0) is 20.9. The molecule has 3 aromatic heterocycles. The second kappa shape index (κ2) is 6.68. The van der Waals surface area contributed by atoms with Crippen LogP contribution in [0.1, 0.15) is 43.0 Å². The molecule has 0 unspecified atom stereocenters. The number of pyridine rings is 2. The van der Waals surface area contributed by atoms with Crippen LogP contribution in [-0.2, 0) is 10.9 Å². The van der Waals surface area contributed by atoms with Crippen molar-refractivity contribution in [3.63, 3.8) is 0 Å². The Labute approximate surface area is 169 Å². The number of ether oxygens (including phenoxy) is 1. The Kier molecular flexibility index (Phi) is 4.19. The summed E-state index contributed by atoms with van der Waals surface area (Å²) < 4.78 is 44.5. The summed E-state index contributed by atoms with van der Waals surface area (Å²) in [4.78, 5) is 29.4. The Morgan fingerprint density at radius 1 is 1.20 bits per heavy atom. The van der Waals surface area contributed by atoms with Crippen molar-refractivity contribution in [1.29, 1.82) is 0 Å². The first-order valence-corrected chi connectivity index (χ1v) is 9.67. The van der Waals surface area contributed by atoms with Crippen molar-refractivity contribution in [2.24, 2.45) is 0 Å². The maximum absolute atomic E-state index is 12.9. The highest BCUT2D eigenvalue weighted by Gasteiger charge is 2.48. The van der Waals surface area contributed by atoms with Gasteiger partial charge in [-0.2, -0.15) is 13.2 Å². The monoisotopic (exact) mass is 417 g/mol. The number of hydrogen-bond acceptors (Lipinski definition) is 5. The van der Waals surface area contributed by atoms with Crippen molar-refractivity contribution in [3.05, 3.63) is 48.0 Å². The third kappa shape index (κ3) is 3.25. The molecular formula is C20H18F3N5O2. The zero-order valence-electron chi connectivity index (χ0n) is 15.8. The van der Waals surface area contributed by atoms with E-state index in [1.165, 1.54) is 0 Å². The first-order valence-electron chi connectivity index (χ1n) is 9.67. The summed E-state index contributed by atoms with van der Waals surface area (Å²) in [6.07, 6.45) is 0.271. The minimum Gasteiger partial charge on any atom is -0.441 e. The quantitative estimate of drug-likeness (QED) is 0.667. The molecule has 0 radical (unpaired) electrons. The van der Waals surface area contributed by atoms with Crippen molar-refractivity contribution in [2.45, 2.75) is 43.4 Å². The molecule has 1 N–H and O–H groups in total. The van der Waals surface area contributed by atoms with E-state index in [9.17, 15) is 18.0 Å². The third-order valence-electron chi connectivity index (χ3n) is 5.86. The van der Waals surface area contributed by atoms with Gasteiger partial charge in [-0.05, 0) is 43.9 Å².